The standard InChI is InChI=1S/C33H34N4O5S2/c1-24-9-13-28(14-10-24)37(44(40,41)31-19-17-30(43-3)18-20-31)22-32(38)36-34-21-26-11-15-29(16-12-26)42-23-33(39)35-25(2)27-7-5-4-6-8-27/h4-21,25H,22-23H2,1-3H3,(H,35,39)(H,36,38)/b34-21-/t25-/m0/s1. The van der Waals surface area contributed by atoms with Crippen LogP contribution in [-0.2, 0) is 19.6 Å². The molecule has 11 heteroatoms. The number of aryl methyl sites for hydroxylation is 1. The summed E-state index contributed by atoms with van der Waals surface area (Å²) in [6.45, 7) is 3.20. The lowest BCUT2D eigenvalue weighted by Crippen LogP contribution is -2.39. The second-order valence-corrected chi connectivity index (χ2v) is 12.6. The second-order valence-electron chi connectivity index (χ2n) is 9.87. The maximum absolute atomic E-state index is 13.6. The van der Waals surface area contributed by atoms with Gasteiger partial charge in [0.25, 0.3) is 21.8 Å². The molecule has 0 spiro atoms. The van der Waals surface area contributed by atoms with Crippen molar-refractivity contribution in [1.29, 1.82) is 0 Å². The van der Waals surface area contributed by atoms with E-state index in [1.807, 2.05) is 50.4 Å². The van der Waals surface area contributed by atoms with E-state index in [4.69, 9.17) is 4.74 Å². The normalized spacial score (nSPS) is 12.0. The Morgan fingerprint density at radius 2 is 1.57 bits per heavy atom. The first kappa shape index (κ1) is 32.3. The highest BCUT2D eigenvalue weighted by atomic mass is 32.2. The minimum absolute atomic E-state index is 0.0812. The van der Waals surface area contributed by atoms with E-state index in [9.17, 15) is 18.0 Å². The number of nitrogens with zero attached hydrogens (tertiary/aromatic N) is 2. The third-order valence-electron chi connectivity index (χ3n) is 6.59. The van der Waals surface area contributed by atoms with Gasteiger partial charge in [0.15, 0.2) is 6.61 Å². The van der Waals surface area contributed by atoms with Gasteiger partial charge in [0.2, 0.25) is 0 Å². The molecule has 0 aromatic heterocycles. The van der Waals surface area contributed by atoms with Crippen LogP contribution in [0.3, 0.4) is 0 Å². The number of amides is 2. The number of anilines is 1. The van der Waals surface area contributed by atoms with E-state index in [2.05, 4.69) is 15.8 Å². The highest BCUT2D eigenvalue weighted by Crippen LogP contribution is 2.26. The summed E-state index contributed by atoms with van der Waals surface area (Å²) in [6, 6.07) is 29.7. The van der Waals surface area contributed by atoms with Crippen LogP contribution in [0.25, 0.3) is 0 Å². The molecular formula is C33H34N4O5S2. The van der Waals surface area contributed by atoms with Crippen molar-refractivity contribution in [2.24, 2.45) is 5.10 Å². The molecule has 4 aromatic carbocycles. The van der Waals surface area contributed by atoms with Crippen LogP contribution < -0.4 is 19.8 Å². The number of hydrazone groups is 1. The fourth-order valence-electron chi connectivity index (χ4n) is 4.15. The number of thioether (sulfide) groups is 1. The van der Waals surface area contributed by atoms with Crippen molar-refractivity contribution in [3.8, 4) is 5.75 Å². The smallest absolute Gasteiger partial charge is 0.264 e. The Kier molecular flexibility index (Phi) is 11.2. The molecule has 0 bridgehead atoms. The Morgan fingerprint density at radius 1 is 0.909 bits per heavy atom. The zero-order valence-corrected chi connectivity index (χ0v) is 26.3. The maximum Gasteiger partial charge on any atom is 0.264 e. The summed E-state index contributed by atoms with van der Waals surface area (Å²) in [5.41, 5.74) is 5.40. The van der Waals surface area contributed by atoms with E-state index in [1.54, 1.807) is 60.7 Å². The summed E-state index contributed by atoms with van der Waals surface area (Å²) in [5, 5.41) is 6.89. The first-order chi connectivity index (χ1) is 21.2. The zero-order chi connectivity index (χ0) is 31.5. The summed E-state index contributed by atoms with van der Waals surface area (Å²) in [5.74, 6) is -0.353. The molecule has 44 heavy (non-hydrogen) atoms. The number of nitrogens with one attached hydrogen (secondary N) is 2. The van der Waals surface area contributed by atoms with Crippen molar-refractivity contribution in [2.45, 2.75) is 29.7 Å². The number of carbonyl (C=O) groups excluding carboxylic acids is 2. The predicted octanol–water partition coefficient (Wildman–Crippen LogP) is 5.32. The van der Waals surface area contributed by atoms with Gasteiger partial charge in [0.1, 0.15) is 12.3 Å². The van der Waals surface area contributed by atoms with Crippen molar-refractivity contribution >= 4 is 45.5 Å². The Balaban J connectivity index is 1.33. The van der Waals surface area contributed by atoms with Gasteiger partial charge in [-0.3, -0.25) is 13.9 Å². The number of sulfonamides is 1. The average molecular weight is 631 g/mol. The van der Waals surface area contributed by atoms with E-state index in [0.29, 0.717) is 17.0 Å². The zero-order valence-electron chi connectivity index (χ0n) is 24.6. The number of hydrogen-bond donors (Lipinski definition) is 2. The summed E-state index contributed by atoms with van der Waals surface area (Å²) >= 11 is 1.51. The second kappa shape index (κ2) is 15.2. The quantitative estimate of drug-likeness (QED) is 0.117. The molecular weight excluding hydrogens is 597 g/mol. The molecule has 0 saturated heterocycles. The highest BCUT2D eigenvalue weighted by molar-refractivity contribution is 7.98. The molecule has 0 saturated carbocycles. The van der Waals surface area contributed by atoms with Gasteiger partial charge in [-0.25, -0.2) is 13.8 Å². The Bertz CT molecular complexity index is 1680. The lowest BCUT2D eigenvalue weighted by atomic mass is 10.1. The molecule has 9 nitrogen and oxygen atoms in total. The van der Waals surface area contributed by atoms with Gasteiger partial charge in [0, 0.05) is 4.90 Å². The van der Waals surface area contributed by atoms with E-state index in [1.165, 1.54) is 30.1 Å². The van der Waals surface area contributed by atoms with Crippen LogP contribution in [0.5, 0.6) is 5.75 Å². The van der Waals surface area contributed by atoms with Crippen molar-refractivity contribution in [3.05, 3.63) is 120 Å². The Morgan fingerprint density at radius 3 is 2.20 bits per heavy atom. The van der Waals surface area contributed by atoms with Crippen LogP contribution in [0.4, 0.5) is 5.69 Å². The first-order valence-corrected chi connectivity index (χ1v) is 16.4. The molecule has 0 aliphatic carbocycles. The largest absolute Gasteiger partial charge is 0.484 e. The van der Waals surface area contributed by atoms with E-state index < -0.39 is 22.5 Å². The van der Waals surface area contributed by atoms with Crippen LogP contribution in [0.2, 0.25) is 0 Å². The van der Waals surface area contributed by atoms with Crippen molar-refractivity contribution in [3.63, 3.8) is 0 Å². The first-order valence-electron chi connectivity index (χ1n) is 13.8. The number of ether oxygens (including phenoxy) is 1. The van der Waals surface area contributed by atoms with E-state index in [0.717, 1.165) is 20.3 Å². The molecule has 2 amide bonds. The fraction of sp³-hybridized carbons (Fsp3) is 0.182. The summed E-state index contributed by atoms with van der Waals surface area (Å²) in [7, 11) is -4.03. The van der Waals surface area contributed by atoms with Gasteiger partial charge in [-0.1, -0.05) is 48.0 Å². The van der Waals surface area contributed by atoms with E-state index in [-0.39, 0.29) is 23.5 Å². The molecule has 2 N–H and O–H groups in total. The van der Waals surface area contributed by atoms with Crippen LogP contribution >= 0.6 is 11.8 Å². The lowest BCUT2D eigenvalue weighted by Gasteiger charge is -2.24. The highest BCUT2D eigenvalue weighted by Gasteiger charge is 2.27. The molecule has 0 unspecified atom stereocenters. The number of hydrogen-bond acceptors (Lipinski definition) is 7. The van der Waals surface area contributed by atoms with Crippen LogP contribution in [-0.4, -0.2) is 45.9 Å². The maximum atomic E-state index is 13.6. The monoisotopic (exact) mass is 630 g/mol. The molecule has 4 aromatic rings. The van der Waals surface area contributed by atoms with Gasteiger partial charge in [0.05, 0.1) is 22.8 Å². The van der Waals surface area contributed by atoms with Gasteiger partial charge >= 0.3 is 0 Å². The molecule has 4 rings (SSSR count). The molecule has 0 radical (unpaired) electrons. The van der Waals surface area contributed by atoms with Gasteiger partial charge in [-0.2, -0.15) is 5.10 Å². The van der Waals surface area contributed by atoms with Gasteiger partial charge in [-0.05, 0) is 91.9 Å². The summed E-state index contributed by atoms with van der Waals surface area (Å²) in [6.07, 6.45) is 3.34. The van der Waals surface area contributed by atoms with Gasteiger partial charge in [-0.15, -0.1) is 11.8 Å². The average Bonchev–Trinajstić information content (AvgIpc) is 3.04. The topological polar surface area (TPSA) is 117 Å². The van der Waals surface area contributed by atoms with E-state index >= 15 is 0 Å². The van der Waals surface area contributed by atoms with Crippen molar-refractivity contribution in [1.82, 2.24) is 10.7 Å². The third kappa shape index (κ3) is 8.95. The van der Waals surface area contributed by atoms with Gasteiger partial charge < -0.3 is 10.1 Å². The molecule has 0 aliphatic heterocycles. The minimum Gasteiger partial charge on any atom is -0.484 e. The predicted molar refractivity (Wildman–Crippen MR) is 175 cm³/mol. The SMILES string of the molecule is CSc1ccc(S(=O)(=O)N(CC(=O)N/N=C\c2ccc(OCC(=O)N[C@@H](C)c3ccccc3)cc2)c2ccc(C)cc2)cc1. The van der Waals surface area contributed by atoms with Crippen molar-refractivity contribution < 1.29 is 22.7 Å². The fourth-order valence-corrected chi connectivity index (χ4v) is 5.98. The molecule has 228 valence electrons. The van der Waals surface area contributed by atoms with Crippen molar-refractivity contribution in [2.75, 3.05) is 23.7 Å². The lowest BCUT2D eigenvalue weighted by molar-refractivity contribution is -0.123. The third-order valence-corrected chi connectivity index (χ3v) is 9.12. The Hall–Kier alpha value is -4.61. The van der Waals surface area contributed by atoms with Crippen LogP contribution in [0, 0.1) is 6.92 Å². The summed E-state index contributed by atoms with van der Waals surface area (Å²) < 4.78 is 33.8. The summed E-state index contributed by atoms with van der Waals surface area (Å²) in [4.78, 5) is 26.1. The number of benzene rings is 4. The number of carbonyl (C=O) groups is 2. The number of rotatable bonds is 13. The van der Waals surface area contributed by atoms with Crippen LogP contribution in [0.15, 0.2) is 118 Å². The molecule has 1 atom stereocenters. The minimum atomic E-state index is -4.03. The Labute approximate surface area is 262 Å². The molecule has 0 fully saturated rings. The van der Waals surface area contributed by atoms with Crippen LogP contribution in [0.1, 0.15) is 29.7 Å². The molecule has 0 aliphatic rings. The molecule has 0 heterocycles.